The molecule has 0 saturated carbocycles. The molecule has 9 heteroatoms. The first-order chi connectivity index (χ1) is 13.3. The molecule has 1 aliphatic heterocycles. The number of ether oxygens (including phenoxy) is 1. The van der Waals surface area contributed by atoms with Crippen LogP contribution >= 0.6 is 11.3 Å². The third-order valence-corrected chi connectivity index (χ3v) is 7.32. The Hall–Kier alpha value is -2.23. The van der Waals surface area contributed by atoms with Crippen molar-refractivity contribution in [2.24, 2.45) is 0 Å². The quantitative estimate of drug-likeness (QED) is 0.720. The van der Waals surface area contributed by atoms with E-state index in [1.165, 1.54) is 35.7 Å². The zero-order valence-electron chi connectivity index (χ0n) is 15.7. The molecule has 0 radical (unpaired) electrons. The number of carbonyl (C=O) groups is 2. The molecule has 2 aromatic rings. The Balaban J connectivity index is 1.58. The van der Waals surface area contributed by atoms with Gasteiger partial charge in [0.2, 0.25) is 15.9 Å². The van der Waals surface area contributed by atoms with Gasteiger partial charge in [-0.05, 0) is 54.1 Å². The van der Waals surface area contributed by atoms with Crippen LogP contribution in [0.15, 0.2) is 34.5 Å². The Kier molecular flexibility index (Phi) is 6.17. The molecular formula is C19H22N2O5S2. The van der Waals surface area contributed by atoms with Crippen LogP contribution in [0.2, 0.25) is 0 Å². The molecule has 1 aromatic carbocycles. The highest BCUT2D eigenvalue weighted by molar-refractivity contribution is 7.89. The molecule has 0 fully saturated rings. The van der Waals surface area contributed by atoms with Gasteiger partial charge in [0.15, 0.2) is 0 Å². The van der Waals surface area contributed by atoms with Crippen molar-refractivity contribution >= 4 is 33.2 Å². The highest BCUT2D eigenvalue weighted by atomic mass is 32.2. The molecule has 1 aromatic heterocycles. The van der Waals surface area contributed by atoms with Gasteiger partial charge in [-0.15, -0.1) is 11.3 Å². The van der Waals surface area contributed by atoms with E-state index in [2.05, 4.69) is 9.46 Å². The van der Waals surface area contributed by atoms with E-state index < -0.39 is 16.0 Å². The molecule has 0 atom stereocenters. The molecule has 1 aliphatic rings. The number of aryl methyl sites for hydroxylation is 1. The number of thiophene rings is 1. The van der Waals surface area contributed by atoms with Gasteiger partial charge in [-0.1, -0.05) is 0 Å². The lowest BCUT2D eigenvalue weighted by Crippen LogP contribution is -2.37. The SMILES string of the molecule is COC(=O)c1ccc(S(=O)(=O)NCCC(=O)N2CCc3sccc3C2)c(C)c1. The minimum atomic E-state index is -3.78. The number of rotatable bonds is 6. The summed E-state index contributed by atoms with van der Waals surface area (Å²) in [6, 6.07) is 6.28. The Labute approximate surface area is 168 Å². The number of fused-ring (bicyclic) bond motifs is 1. The molecule has 0 spiro atoms. The smallest absolute Gasteiger partial charge is 0.337 e. The van der Waals surface area contributed by atoms with Crippen molar-refractivity contribution in [1.82, 2.24) is 9.62 Å². The first-order valence-electron chi connectivity index (χ1n) is 8.83. The first-order valence-corrected chi connectivity index (χ1v) is 11.2. The molecule has 1 N–H and O–H groups in total. The topological polar surface area (TPSA) is 92.8 Å². The number of methoxy groups -OCH3 is 1. The number of hydrogen-bond donors (Lipinski definition) is 1. The Bertz CT molecular complexity index is 998. The molecule has 28 heavy (non-hydrogen) atoms. The number of carbonyl (C=O) groups excluding carboxylic acids is 2. The van der Waals surface area contributed by atoms with Gasteiger partial charge in [-0.25, -0.2) is 17.9 Å². The maximum Gasteiger partial charge on any atom is 0.337 e. The van der Waals surface area contributed by atoms with Crippen molar-refractivity contribution in [2.75, 3.05) is 20.2 Å². The Morgan fingerprint density at radius 3 is 2.79 bits per heavy atom. The molecule has 0 aliphatic carbocycles. The van der Waals surface area contributed by atoms with Gasteiger partial charge in [0.1, 0.15) is 0 Å². The molecule has 0 saturated heterocycles. The monoisotopic (exact) mass is 422 g/mol. The van der Waals surface area contributed by atoms with E-state index in [0.29, 0.717) is 18.7 Å². The summed E-state index contributed by atoms with van der Waals surface area (Å²) in [5, 5.41) is 2.03. The number of nitrogens with one attached hydrogen (secondary N) is 1. The standard InChI is InChI=1S/C19H22N2O5S2/c1-13-11-14(19(23)26-2)3-4-17(13)28(24,25)20-8-5-18(22)21-9-6-16-15(12-21)7-10-27-16/h3-4,7,10-11,20H,5-6,8-9,12H2,1-2H3. The first kappa shape index (κ1) is 20.5. The minimum Gasteiger partial charge on any atom is -0.465 e. The maximum atomic E-state index is 12.5. The zero-order valence-corrected chi connectivity index (χ0v) is 17.4. The average molecular weight is 423 g/mol. The summed E-state index contributed by atoms with van der Waals surface area (Å²) in [5.41, 5.74) is 1.89. The van der Waals surface area contributed by atoms with Gasteiger partial charge < -0.3 is 9.64 Å². The lowest BCUT2D eigenvalue weighted by atomic mass is 10.1. The summed E-state index contributed by atoms with van der Waals surface area (Å²) in [4.78, 5) is 27.1. The highest BCUT2D eigenvalue weighted by Crippen LogP contribution is 2.24. The van der Waals surface area contributed by atoms with E-state index >= 15 is 0 Å². The van der Waals surface area contributed by atoms with Crippen LogP contribution in [0, 0.1) is 6.92 Å². The molecule has 2 heterocycles. The largest absolute Gasteiger partial charge is 0.465 e. The summed E-state index contributed by atoms with van der Waals surface area (Å²) in [7, 11) is -2.51. The molecule has 150 valence electrons. The minimum absolute atomic E-state index is 0.0202. The molecule has 0 unspecified atom stereocenters. The third kappa shape index (κ3) is 4.43. The predicted octanol–water partition coefficient (Wildman–Crippen LogP) is 2.10. The normalized spacial score (nSPS) is 13.9. The van der Waals surface area contributed by atoms with Gasteiger partial charge >= 0.3 is 5.97 Å². The Morgan fingerprint density at radius 2 is 2.07 bits per heavy atom. The van der Waals surface area contributed by atoms with Gasteiger partial charge in [-0.3, -0.25) is 4.79 Å². The van der Waals surface area contributed by atoms with Crippen LogP contribution < -0.4 is 4.72 Å². The number of amides is 1. The van der Waals surface area contributed by atoms with Crippen LogP contribution in [0.1, 0.15) is 32.8 Å². The van der Waals surface area contributed by atoms with E-state index in [-0.39, 0.29) is 29.3 Å². The molecule has 3 rings (SSSR count). The van der Waals surface area contributed by atoms with Crippen LogP contribution in [0.3, 0.4) is 0 Å². The van der Waals surface area contributed by atoms with Gasteiger partial charge in [0.05, 0.1) is 17.6 Å². The Morgan fingerprint density at radius 1 is 1.29 bits per heavy atom. The maximum absolute atomic E-state index is 12.5. The van der Waals surface area contributed by atoms with Gasteiger partial charge in [0.25, 0.3) is 0 Å². The second-order valence-corrected chi connectivity index (χ2v) is 9.29. The molecule has 7 nitrogen and oxygen atoms in total. The lowest BCUT2D eigenvalue weighted by Gasteiger charge is -2.27. The fourth-order valence-electron chi connectivity index (χ4n) is 3.19. The van der Waals surface area contributed by atoms with E-state index in [4.69, 9.17) is 0 Å². The van der Waals surface area contributed by atoms with Crippen LogP contribution in [0.5, 0.6) is 0 Å². The number of esters is 1. The van der Waals surface area contributed by atoms with E-state index in [0.717, 1.165) is 6.42 Å². The number of nitrogens with zero attached hydrogens (tertiary/aromatic N) is 1. The number of sulfonamides is 1. The average Bonchev–Trinajstić information content (AvgIpc) is 3.14. The van der Waals surface area contributed by atoms with Crippen LogP contribution in [-0.2, 0) is 32.5 Å². The number of benzene rings is 1. The van der Waals surface area contributed by atoms with Crippen molar-refractivity contribution in [1.29, 1.82) is 0 Å². The summed E-state index contributed by atoms with van der Waals surface area (Å²) in [6.07, 6.45) is 0.939. The fourth-order valence-corrected chi connectivity index (χ4v) is 5.33. The summed E-state index contributed by atoms with van der Waals surface area (Å²) < 4.78 is 32.2. The van der Waals surface area contributed by atoms with Gasteiger partial charge in [-0.2, -0.15) is 0 Å². The van der Waals surface area contributed by atoms with E-state index in [9.17, 15) is 18.0 Å². The van der Waals surface area contributed by atoms with Crippen molar-refractivity contribution in [3.8, 4) is 0 Å². The number of hydrogen-bond acceptors (Lipinski definition) is 6. The third-order valence-electron chi connectivity index (χ3n) is 4.68. The zero-order chi connectivity index (χ0) is 20.3. The summed E-state index contributed by atoms with van der Waals surface area (Å²) in [5.74, 6) is -0.599. The highest BCUT2D eigenvalue weighted by Gasteiger charge is 2.23. The second kappa shape index (κ2) is 8.42. The van der Waals surface area contributed by atoms with Gasteiger partial charge in [0, 0.05) is 30.9 Å². The predicted molar refractivity (Wildman–Crippen MR) is 106 cm³/mol. The molecular weight excluding hydrogens is 400 g/mol. The van der Waals surface area contributed by atoms with E-state index in [1.54, 1.807) is 23.2 Å². The van der Waals surface area contributed by atoms with Crippen molar-refractivity contribution < 1.29 is 22.7 Å². The van der Waals surface area contributed by atoms with Crippen LogP contribution in [0.25, 0.3) is 0 Å². The lowest BCUT2D eigenvalue weighted by molar-refractivity contribution is -0.131. The summed E-state index contributed by atoms with van der Waals surface area (Å²) >= 11 is 1.70. The fraction of sp³-hybridized carbons (Fsp3) is 0.368. The molecule has 0 bridgehead atoms. The van der Waals surface area contributed by atoms with Crippen molar-refractivity contribution in [3.63, 3.8) is 0 Å². The van der Waals surface area contributed by atoms with Crippen molar-refractivity contribution in [2.45, 2.75) is 31.2 Å². The van der Waals surface area contributed by atoms with Crippen molar-refractivity contribution in [3.05, 3.63) is 51.2 Å². The van der Waals surface area contributed by atoms with Crippen LogP contribution in [-0.4, -0.2) is 45.4 Å². The summed E-state index contributed by atoms with van der Waals surface area (Å²) in [6.45, 7) is 2.87. The molecule has 1 amide bonds. The second-order valence-electron chi connectivity index (χ2n) is 6.55. The van der Waals surface area contributed by atoms with Crippen LogP contribution in [0.4, 0.5) is 0 Å². The van der Waals surface area contributed by atoms with E-state index in [1.807, 2.05) is 11.4 Å².